The van der Waals surface area contributed by atoms with Gasteiger partial charge in [-0.05, 0) is 31.1 Å². The summed E-state index contributed by atoms with van der Waals surface area (Å²) in [5.41, 5.74) is 1.23. The standard InChI is InChI=1S/C12H23N/c1-9(2)12-8-13(10(3)4)7-6-11(12)5/h9,11-12H,3,6-8H2,1-2,4-5H3. The minimum absolute atomic E-state index is 0.803. The summed E-state index contributed by atoms with van der Waals surface area (Å²) in [6.07, 6.45) is 1.33. The average molecular weight is 181 g/mol. The molecule has 1 heterocycles. The van der Waals surface area contributed by atoms with Gasteiger partial charge in [0.2, 0.25) is 0 Å². The zero-order chi connectivity index (χ0) is 10.0. The van der Waals surface area contributed by atoms with Crippen molar-refractivity contribution in [3.8, 4) is 0 Å². The average Bonchev–Trinajstić information content (AvgIpc) is 2.04. The molecule has 2 atom stereocenters. The van der Waals surface area contributed by atoms with Crippen molar-refractivity contribution in [2.75, 3.05) is 13.1 Å². The molecular weight excluding hydrogens is 158 g/mol. The highest BCUT2D eigenvalue weighted by Crippen LogP contribution is 2.30. The highest BCUT2D eigenvalue weighted by Gasteiger charge is 2.27. The van der Waals surface area contributed by atoms with Gasteiger partial charge in [-0.2, -0.15) is 0 Å². The molecule has 13 heavy (non-hydrogen) atoms. The van der Waals surface area contributed by atoms with Gasteiger partial charge < -0.3 is 4.90 Å². The van der Waals surface area contributed by atoms with E-state index in [4.69, 9.17) is 0 Å². The molecule has 0 spiro atoms. The largest absolute Gasteiger partial charge is 0.375 e. The molecule has 1 aliphatic heterocycles. The first-order valence-corrected chi connectivity index (χ1v) is 5.42. The van der Waals surface area contributed by atoms with Crippen molar-refractivity contribution in [2.24, 2.45) is 17.8 Å². The Morgan fingerprint density at radius 2 is 2.08 bits per heavy atom. The van der Waals surface area contributed by atoms with Gasteiger partial charge in [0.05, 0.1) is 0 Å². The van der Waals surface area contributed by atoms with Crippen LogP contribution in [0.25, 0.3) is 0 Å². The second-order valence-corrected chi connectivity index (χ2v) is 4.86. The number of allylic oxidation sites excluding steroid dienone is 1. The van der Waals surface area contributed by atoms with E-state index in [9.17, 15) is 0 Å². The van der Waals surface area contributed by atoms with Crippen LogP contribution in [0.5, 0.6) is 0 Å². The minimum atomic E-state index is 0.803. The quantitative estimate of drug-likeness (QED) is 0.632. The number of hydrogen-bond donors (Lipinski definition) is 0. The Bertz CT molecular complexity index is 184. The molecule has 0 aromatic heterocycles. The monoisotopic (exact) mass is 181 g/mol. The normalized spacial score (nSPS) is 29.5. The van der Waals surface area contributed by atoms with Gasteiger partial charge >= 0.3 is 0 Å². The third-order valence-electron chi connectivity index (χ3n) is 3.41. The second-order valence-electron chi connectivity index (χ2n) is 4.86. The molecular formula is C12H23N. The summed E-state index contributed by atoms with van der Waals surface area (Å²) >= 11 is 0. The highest BCUT2D eigenvalue weighted by molar-refractivity contribution is 4.93. The summed E-state index contributed by atoms with van der Waals surface area (Å²) in [7, 11) is 0. The van der Waals surface area contributed by atoms with E-state index in [2.05, 4.69) is 39.2 Å². The fourth-order valence-electron chi connectivity index (χ4n) is 2.31. The molecule has 0 aromatic rings. The molecule has 1 saturated heterocycles. The molecule has 1 aliphatic rings. The molecule has 0 bridgehead atoms. The Hall–Kier alpha value is -0.460. The van der Waals surface area contributed by atoms with Crippen LogP contribution in [0.4, 0.5) is 0 Å². The molecule has 0 aromatic carbocycles. The van der Waals surface area contributed by atoms with E-state index in [1.54, 1.807) is 0 Å². The molecule has 2 unspecified atom stereocenters. The van der Waals surface area contributed by atoms with Gasteiger partial charge in [0.25, 0.3) is 0 Å². The zero-order valence-electron chi connectivity index (χ0n) is 9.51. The van der Waals surface area contributed by atoms with Gasteiger partial charge in [0.15, 0.2) is 0 Å². The maximum absolute atomic E-state index is 4.02. The third-order valence-corrected chi connectivity index (χ3v) is 3.41. The number of piperidine rings is 1. The zero-order valence-corrected chi connectivity index (χ0v) is 9.51. The van der Waals surface area contributed by atoms with Crippen LogP contribution in [-0.4, -0.2) is 18.0 Å². The molecule has 0 amide bonds. The van der Waals surface area contributed by atoms with Gasteiger partial charge in [0, 0.05) is 18.8 Å². The van der Waals surface area contributed by atoms with Crippen molar-refractivity contribution in [3.63, 3.8) is 0 Å². The van der Waals surface area contributed by atoms with E-state index in [0.717, 1.165) is 17.8 Å². The molecule has 1 nitrogen and oxygen atoms in total. The fourth-order valence-corrected chi connectivity index (χ4v) is 2.31. The Kier molecular flexibility index (Phi) is 3.40. The maximum atomic E-state index is 4.02. The van der Waals surface area contributed by atoms with E-state index in [1.807, 2.05) is 0 Å². The highest BCUT2D eigenvalue weighted by atomic mass is 15.1. The Morgan fingerprint density at radius 1 is 1.46 bits per heavy atom. The van der Waals surface area contributed by atoms with Crippen molar-refractivity contribution in [1.82, 2.24) is 4.90 Å². The number of likely N-dealkylation sites (tertiary alicyclic amines) is 1. The minimum Gasteiger partial charge on any atom is -0.375 e. The molecule has 0 radical (unpaired) electrons. The van der Waals surface area contributed by atoms with Crippen LogP contribution in [-0.2, 0) is 0 Å². The van der Waals surface area contributed by atoms with E-state index >= 15 is 0 Å². The lowest BCUT2D eigenvalue weighted by molar-refractivity contribution is 0.124. The SMILES string of the molecule is C=C(C)N1CCC(C)C(C(C)C)C1. The van der Waals surface area contributed by atoms with Crippen molar-refractivity contribution < 1.29 is 0 Å². The van der Waals surface area contributed by atoms with Gasteiger partial charge in [0.1, 0.15) is 0 Å². The van der Waals surface area contributed by atoms with Gasteiger partial charge in [-0.1, -0.05) is 27.4 Å². The first-order chi connectivity index (χ1) is 6.02. The predicted molar refractivity (Wildman–Crippen MR) is 58.5 cm³/mol. The van der Waals surface area contributed by atoms with Crippen LogP contribution in [0, 0.1) is 17.8 Å². The predicted octanol–water partition coefficient (Wildman–Crippen LogP) is 3.13. The van der Waals surface area contributed by atoms with Gasteiger partial charge in [-0.25, -0.2) is 0 Å². The van der Waals surface area contributed by atoms with E-state index in [0.29, 0.717) is 0 Å². The third kappa shape index (κ3) is 2.49. The van der Waals surface area contributed by atoms with Crippen LogP contribution in [0.2, 0.25) is 0 Å². The molecule has 1 rings (SSSR count). The van der Waals surface area contributed by atoms with Crippen LogP contribution in [0.15, 0.2) is 12.3 Å². The van der Waals surface area contributed by atoms with Crippen molar-refractivity contribution in [3.05, 3.63) is 12.3 Å². The summed E-state index contributed by atoms with van der Waals surface area (Å²) in [6, 6.07) is 0. The molecule has 1 fully saturated rings. The fraction of sp³-hybridized carbons (Fsp3) is 0.833. The smallest absolute Gasteiger partial charge is 0.0208 e. The summed E-state index contributed by atoms with van der Waals surface area (Å²) in [4.78, 5) is 2.44. The lowest BCUT2D eigenvalue weighted by Gasteiger charge is -2.40. The molecule has 76 valence electrons. The second kappa shape index (κ2) is 4.17. The van der Waals surface area contributed by atoms with Gasteiger partial charge in [-0.15, -0.1) is 0 Å². The number of hydrogen-bond acceptors (Lipinski definition) is 1. The van der Waals surface area contributed by atoms with Crippen LogP contribution >= 0.6 is 0 Å². The van der Waals surface area contributed by atoms with Gasteiger partial charge in [-0.3, -0.25) is 0 Å². The van der Waals surface area contributed by atoms with Crippen molar-refractivity contribution in [2.45, 2.75) is 34.1 Å². The van der Waals surface area contributed by atoms with Crippen LogP contribution in [0.3, 0.4) is 0 Å². The van der Waals surface area contributed by atoms with Crippen LogP contribution in [0.1, 0.15) is 34.1 Å². The molecule has 1 heteroatoms. The van der Waals surface area contributed by atoms with E-state index < -0.39 is 0 Å². The topological polar surface area (TPSA) is 3.24 Å². The maximum Gasteiger partial charge on any atom is 0.0208 e. The van der Waals surface area contributed by atoms with E-state index in [-0.39, 0.29) is 0 Å². The Morgan fingerprint density at radius 3 is 2.54 bits per heavy atom. The summed E-state index contributed by atoms with van der Waals surface area (Å²) in [5, 5.41) is 0. The first-order valence-electron chi connectivity index (χ1n) is 5.42. The summed E-state index contributed by atoms with van der Waals surface area (Å²) in [6.45, 7) is 15.6. The first kappa shape index (κ1) is 10.6. The molecule has 0 aliphatic carbocycles. The Balaban J connectivity index is 2.58. The number of nitrogens with zero attached hydrogens (tertiary/aromatic N) is 1. The lowest BCUT2D eigenvalue weighted by atomic mass is 9.79. The lowest BCUT2D eigenvalue weighted by Crippen LogP contribution is -2.40. The molecule has 0 N–H and O–H groups in total. The molecule has 0 saturated carbocycles. The number of rotatable bonds is 2. The summed E-state index contributed by atoms with van der Waals surface area (Å²) < 4.78 is 0. The van der Waals surface area contributed by atoms with E-state index in [1.165, 1.54) is 25.2 Å². The van der Waals surface area contributed by atoms with Crippen LogP contribution < -0.4 is 0 Å². The van der Waals surface area contributed by atoms with Crippen molar-refractivity contribution in [1.29, 1.82) is 0 Å². The summed E-state index contributed by atoms with van der Waals surface area (Å²) in [5.74, 6) is 2.54. The van der Waals surface area contributed by atoms with Crippen molar-refractivity contribution >= 4 is 0 Å². The Labute approximate surface area is 82.8 Å².